The molecule has 7 nitrogen and oxygen atoms in total. The second-order valence-corrected chi connectivity index (χ2v) is 8.38. The number of benzene rings is 1. The molecule has 0 radical (unpaired) electrons. The van der Waals surface area contributed by atoms with Gasteiger partial charge in [-0.15, -0.1) is 0 Å². The zero-order chi connectivity index (χ0) is 17.2. The molecule has 0 unspecified atom stereocenters. The van der Waals surface area contributed by atoms with E-state index >= 15 is 0 Å². The Morgan fingerprint density at radius 1 is 1.42 bits per heavy atom. The highest BCUT2D eigenvalue weighted by Gasteiger charge is 2.31. The molecule has 1 saturated heterocycles. The summed E-state index contributed by atoms with van der Waals surface area (Å²) in [5.41, 5.74) is 1.54. The largest absolute Gasteiger partial charge is 0.441 e. The van der Waals surface area contributed by atoms with Crippen LogP contribution in [-0.2, 0) is 21.1 Å². The van der Waals surface area contributed by atoms with E-state index in [1.54, 1.807) is 11.9 Å². The summed E-state index contributed by atoms with van der Waals surface area (Å²) in [5, 5.41) is 2.82. The molecule has 24 heavy (non-hydrogen) atoms. The monoisotopic (exact) mass is 351 g/mol. The van der Waals surface area contributed by atoms with Crippen LogP contribution in [0.2, 0.25) is 0 Å². The summed E-state index contributed by atoms with van der Waals surface area (Å²) in [7, 11) is -1.15. The van der Waals surface area contributed by atoms with Crippen LogP contribution >= 0.6 is 0 Å². The van der Waals surface area contributed by atoms with E-state index in [1.807, 2.05) is 24.3 Å². The normalized spacial score (nSPS) is 19.8. The predicted molar refractivity (Wildman–Crippen MR) is 90.4 cm³/mol. The zero-order valence-corrected chi connectivity index (χ0v) is 14.4. The first-order valence-corrected chi connectivity index (χ1v) is 9.77. The standard InChI is InChI=1S/C16H21N3O4S/c1-19(12-7-9-24(21,22)11-12)10-15(20)17-8-6-16-18-13-4-2-3-5-14(13)23-16/h2-5,12H,6-11H2,1H3,(H,17,20)/t12-/m1/s1. The molecular weight excluding hydrogens is 330 g/mol. The van der Waals surface area contributed by atoms with Gasteiger partial charge in [-0.25, -0.2) is 13.4 Å². The summed E-state index contributed by atoms with van der Waals surface area (Å²) in [6.45, 7) is 0.621. The van der Waals surface area contributed by atoms with Crippen molar-refractivity contribution in [3.63, 3.8) is 0 Å². The molecule has 130 valence electrons. The van der Waals surface area contributed by atoms with Gasteiger partial charge in [-0.2, -0.15) is 0 Å². The number of aromatic nitrogens is 1. The smallest absolute Gasteiger partial charge is 0.234 e. The highest BCUT2D eigenvalue weighted by molar-refractivity contribution is 7.91. The van der Waals surface area contributed by atoms with E-state index in [0.29, 0.717) is 25.3 Å². The third kappa shape index (κ3) is 4.12. The van der Waals surface area contributed by atoms with Gasteiger partial charge in [0.05, 0.1) is 18.1 Å². The highest BCUT2D eigenvalue weighted by Crippen LogP contribution is 2.16. The Bertz CT molecular complexity index is 798. The van der Waals surface area contributed by atoms with Gasteiger partial charge < -0.3 is 9.73 Å². The number of hydrogen-bond donors (Lipinski definition) is 1. The van der Waals surface area contributed by atoms with Crippen molar-refractivity contribution in [2.24, 2.45) is 0 Å². The van der Waals surface area contributed by atoms with Crippen LogP contribution < -0.4 is 5.32 Å². The van der Waals surface area contributed by atoms with Crippen molar-refractivity contribution in [2.75, 3.05) is 31.6 Å². The van der Waals surface area contributed by atoms with E-state index < -0.39 is 9.84 Å². The van der Waals surface area contributed by atoms with E-state index in [4.69, 9.17) is 4.42 Å². The maximum absolute atomic E-state index is 12.0. The van der Waals surface area contributed by atoms with E-state index in [0.717, 1.165) is 11.1 Å². The minimum atomic E-state index is -2.94. The highest BCUT2D eigenvalue weighted by atomic mass is 32.2. The third-order valence-corrected chi connectivity index (χ3v) is 5.97. The van der Waals surface area contributed by atoms with Crippen molar-refractivity contribution in [1.82, 2.24) is 15.2 Å². The van der Waals surface area contributed by atoms with Crippen molar-refractivity contribution >= 4 is 26.8 Å². The Hall–Kier alpha value is -1.93. The van der Waals surface area contributed by atoms with Crippen LogP contribution in [-0.4, -0.2) is 61.9 Å². The number of sulfone groups is 1. The van der Waals surface area contributed by atoms with Gasteiger partial charge in [0.1, 0.15) is 5.52 Å². The number of likely N-dealkylation sites (N-methyl/N-ethyl adjacent to an activating group) is 1. The fourth-order valence-corrected chi connectivity index (χ4v) is 4.68. The lowest BCUT2D eigenvalue weighted by atomic mass is 10.2. The average molecular weight is 351 g/mol. The Balaban J connectivity index is 1.44. The number of nitrogens with one attached hydrogen (secondary N) is 1. The molecule has 2 heterocycles. The number of para-hydroxylation sites is 2. The van der Waals surface area contributed by atoms with Crippen molar-refractivity contribution < 1.29 is 17.6 Å². The molecule has 1 fully saturated rings. The summed E-state index contributed by atoms with van der Waals surface area (Å²) in [5.74, 6) is 0.811. The van der Waals surface area contributed by atoms with Gasteiger partial charge in [0.2, 0.25) is 5.91 Å². The molecular formula is C16H21N3O4S. The quantitative estimate of drug-likeness (QED) is 0.819. The molecule has 1 aromatic carbocycles. The fraction of sp³-hybridized carbons (Fsp3) is 0.500. The second-order valence-electron chi connectivity index (χ2n) is 6.15. The van der Waals surface area contributed by atoms with Gasteiger partial charge in [-0.1, -0.05) is 12.1 Å². The molecule has 1 atom stereocenters. The Labute approximate surface area is 141 Å². The summed E-state index contributed by atoms with van der Waals surface area (Å²) in [6.07, 6.45) is 1.11. The Kier molecular flexibility index (Phi) is 4.86. The van der Waals surface area contributed by atoms with Crippen LogP contribution in [0.1, 0.15) is 12.3 Å². The number of nitrogens with zero attached hydrogens (tertiary/aromatic N) is 2. The van der Waals surface area contributed by atoms with E-state index in [9.17, 15) is 13.2 Å². The van der Waals surface area contributed by atoms with Crippen LogP contribution in [0.25, 0.3) is 11.1 Å². The summed E-state index contributed by atoms with van der Waals surface area (Å²) in [6, 6.07) is 7.45. The van der Waals surface area contributed by atoms with Crippen LogP contribution in [0.3, 0.4) is 0 Å². The summed E-state index contributed by atoms with van der Waals surface area (Å²) in [4.78, 5) is 18.1. The van der Waals surface area contributed by atoms with E-state index in [1.165, 1.54) is 0 Å². The lowest BCUT2D eigenvalue weighted by Gasteiger charge is -2.22. The van der Waals surface area contributed by atoms with Crippen molar-refractivity contribution in [3.05, 3.63) is 30.2 Å². The van der Waals surface area contributed by atoms with Gasteiger partial charge >= 0.3 is 0 Å². The van der Waals surface area contributed by atoms with Gasteiger partial charge in [0.25, 0.3) is 0 Å². The maximum Gasteiger partial charge on any atom is 0.234 e. The fourth-order valence-electron chi connectivity index (χ4n) is 2.87. The molecule has 3 rings (SSSR count). The van der Waals surface area contributed by atoms with Crippen molar-refractivity contribution in [3.8, 4) is 0 Å². The molecule has 0 bridgehead atoms. The lowest BCUT2D eigenvalue weighted by Crippen LogP contribution is -2.41. The lowest BCUT2D eigenvalue weighted by molar-refractivity contribution is -0.122. The number of rotatable bonds is 6. The molecule has 1 N–H and O–H groups in total. The first-order chi connectivity index (χ1) is 11.4. The van der Waals surface area contributed by atoms with Crippen molar-refractivity contribution in [1.29, 1.82) is 0 Å². The van der Waals surface area contributed by atoms with Crippen LogP contribution in [0, 0.1) is 0 Å². The minimum absolute atomic E-state index is 0.0715. The maximum atomic E-state index is 12.0. The van der Waals surface area contributed by atoms with Gasteiger partial charge in [-0.3, -0.25) is 9.69 Å². The predicted octanol–water partition coefficient (Wildman–Crippen LogP) is 0.605. The molecule has 1 aromatic heterocycles. The van der Waals surface area contributed by atoms with Gasteiger partial charge in [-0.05, 0) is 25.6 Å². The first-order valence-electron chi connectivity index (χ1n) is 7.95. The van der Waals surface area contributed by atoms with E-state index in [-0.39, 0.29) is 30.0 Å². The zero-order valence-electron chi connectivity index (χ0n) is 13.6. The Morgan fingerprint density at radius 2 is 2.21 bits per heavy atom. The average Bonchev–Trinajstić information content (AvgIpc) is 3.09. The van der Waals surface area contributed by atoms with Crippen LogP contribution in [0.5, 0.6) is 0 Å². The Morgan fingerprint density at radius 3 is 2.92 bits per heavy atom. The number of amides is 1. The van der Waals surface area contributed by atoms with Crippen LogP contribution in [0.4, 0.5) is 0 Å². The summed E-state index contributed by atoms with van der Waals surface area (Å²) >= 11 is 0. The molecule has 1 amide bonds. The molecule has 1 aliphatic heterocycles. The first kappa shape index (κ1) is 16.9. The molecule has 1 aliphatic rings. The third-order valence-electron chi connectivity index (χ3n) is 4.22. The number of oxazole rings is 1. The molecule has 0 spiro atoms. The number of hydrogen-bond acceptors (Lipinski definition) is 6. The van der Waals surface area contributed by atoms with Crippen molar-refractivity contribution in [2.45, 2.75) is 18.9 Å². The van der Waals surface area contributed by atoms with E-state index in [2.05, 4.69) is 10.3 Å². The molecule has 2 aromatic rings. The van der Waals surface area contributed by atoms with Gasteiger partial charge in [0.15, 0.2) is 21.3 Å². The van der Waals surface area contributed by atoms with Crippen LogP contribution in [0.15, 0.2) is 28.7 Å². The molecule has 0 aliphatic carbocycles. The number of fused-ring (bicyclic) bond motifs is 1. The molecule has 8 heteroatoms. The second kappa shape index (κ2) is 6.90. The van der Waals surface area contributed by atoms with Gasteiger partial charge in [0, 0.05) is 19.0 Å². The minimum Gasteiger partial charge on any atom is -0.441 e. The summed E-state index contributed by atoms with van der Waals surface area (Å²) < 4.78 is 28.6. The molecule has 0 saturated carbocycles. The number of carbonyl (C=O) groups excluding carboxylic acids is 1. The SMILES string of the molecule is CN(CC(=O)NCCc1nc2ccccc2o1)[C@@H]1CCS(=O)(=O)C1. The number of carbonyl (C=O) groups is 1. The topological polar surface area (TPSA) is 92.5 Å².